The van der Waals surface area contributed by atoms with Crippen LogP contribution in [0.25, 0.3) is 0 Å². The number of hydrogen-bond donors (Lipinski definition) is 1. The van der Waals surface area contributed by atoms with Crippen molar-refractivity contribution in [2.45, 2.75) is 13.8 Å². The van der Waals surface area contributed by atoms with E-state index in [0.717, 1.165) is 5.56 Å². The molecule has 0 radical (unpaired) electrons. The van der Waals surface area contributed by atoms with Gasteiger partial charge in [0.1, 0.15) is 5.75 Å². The van der Waals surface area contributed by atoms with E-state index in [0.29, 0.717) is 35.1 Å². The lowest BCUT2D eigenvalue weighted by Crippen LogP contribution is -2.37. The summed E-state index contributed by atoms with van der Waals surface area (Å²) in [6.45, 7) is 4.05. The van der Waals surface area contributed by atoms with E-state index in [9.17, 15) is 9.59 Å². The Morgan fingerprint density at radius 3 is 2.56 bits per heavy atom. The number of hydrogen-bond acceptors (Lipinski definition) is 3. The number of methoxy groups -OCH3 is 1. The summed E-state index contributed by atoms with van der Waals surface area (Å²) < 4.78 is 5.35. The highest BCUT2D eigenvalue weighted by Crippen LogP contribution is 2.29. The highest BCUT2D eigenvalue weighted by atomic mass is 35.5. The van der Waals surface area contributed by atoms with Crippen molar-refractivity contribution >= 4 is 29.1 Å². The van der Waals surface area contributed by atoms with Gasteiger partial charge in [-0.1, -0.05) is 29.8 Å². The number of amides is 2. The average molecular weight is 361 g/mol. The quantitative estimate of drug-likeness (QED) is 0.858. The number of ether oxygens (including phenoxy) is 1. The van der Waals surface area contributed by atoms with Crippen LogP contribution in [0, 0.1) is 6.92 Å². The first kappa shape index (κ1) is 18.8. The second-order valence-electron chi connectivity index (χ2n) is 5.58. The molecule has 2 amide bonds. The molecule has 5 nitrogen and oxygen atoms in total. The molecule has 2 aromatic carbocycles. The number of nitrogens with one attached hydrogen (secondary N) is 1. The molecule has 0 saturated heterocycles. The molecule has 0 heterocycles. The predicted molar refractivity (Wildman–Crippen MR) is 99.5 cm³/mol. The lowest BCUT2D eigenvalue weighted by atomic mass is 10.2. The van der Waals surface area contributed by atoms with Crippen LogP contribution in [0.3, 0.4) is 0 Å². The van der Waals surface area contributed by atoms with Gasteiger partial charge in [0, 0.05) is 20.0 Å². The van der Waals surface area contributed by atoms with E-state index in [2.05, 4.69) is 5.32 Å². The summed E-state index contributed by atoms with van der Waals surface area (Å²) in [6.07, 6.45) is 0. The van der Waals surface area contributed by atoms with Gasteiger partial charge in [-0.25, -0.2) is 0 Å². The topological polar surface area (TPSA) is 58.6 Å². The summed E-state index contributed by atoms with van der Waals surface area (Å²) in [5.41, 5.74) is 2.11. The fourth-order valence-corrected chi connectivity index (χ4v) is 2.70. The molecule has 0 aliphatic carbocycles. The Bertz CT molecular complexity index is 777. The summed E-state index contributed by atoms with van der Waals surface area (Å²) in [6, 6.07) is 12.5. The van der Waals surface area contributed by atoms with E-state index in [1.807, 2.05) is 25.1 Å². The molecule has 132 valence electrons. The molecule has 0 aromatic heterocycles. The minimum absolute atomic E-state index is 0.129. The number of carbonyl (C=O) groups excluding carboxylic acids is 2. The van der Waals surface area contributed by atoms with Crippen LogP contribution in [-0.4, -0.2) is 32.0 Å². The van der Waals surface area contributed by atoms with Gasteiger partial charge in [-0.2, -0.15) is 0 Å². The Balaban J connectivity index is 2.09. The van der Waals surface area contributed by atoms with Gasteiger partial charge in [-0.3, -0.25) is 9.59 Å². The van der Waals surface area contributed by atoms with Crippen LogP contribution in [0.15, 0.2) is 42.5 Å². The van der Waals surface area contributed by atoms with E-state index in [1.165, 1.54) is 6.92 Å². The van der Waals surface area contributed by atoms with Crippen molar-refractivity contribution in [2.75, 3.05) is 25.1 Å². The number of halogens is 1. The number of aryl methyl sites for hydroxylation is 1. The first-order chi connectivity index (χ1) is 11.9. The van der Waals surface area contributed by atoms with E-state index in [4.69, 9.17) is 16.3 Å². The summed E-state index contributed by atoms with van der Waals surface area (Å²) in [5.74, 6) is 0.208. The van der Waals surface area contributed by atoms with Gasteiger partial charge < -0.3 is 15.0 Å². The van der Waals surface area contributed by atoms with Crippen LogP contribution in [0.1, 0.15) is 22.8 Å². The monoisotopic (exact) mass is 360 g/mol. The van der Waals surface area contributed by atoms with Gasteiger partial charge in [0.05, 0.1) is 23.4 Å². The van der Waals surface area contributed by atoms with Crippen LogP contribution < -0.4 is 15.0 Å². The Morgan fingerprint density at radius 1 is 1.20 bits per heavy atom. The third kappa shape index (κ3) is 4.73. The van der Waals surface area contributed by atoms with E-state index >= 15 is 0 Å². The van der Waals surface area contributed by atoms with Crippen molar-refractivity contribution in [2.24, 2.45) is 0 Å². The molecule has 0 aliphatic rings. The minimum atomic E-state index is -0.273. The molecule has 0 saturated carbocycles. The zero-order chi connectivity index (χ0) is 18.4. The summed E-state index contributed by atoms with van der Waals surface area (Å²) in [5, 5.41) is 3.18. The molecule has 0 unspecified atom stereocenters. The third-order valence-electron chi connectivity index (χ3n) is 3.74. The van der Waals surface area contributed by atoms with Crippen molar-refractivity contribution in [3.63, 3.8) is 0 Å². The minimum Gasteiger partial charge on any atom is -0.495 e. The van der Waals surface area contributed by atoms with Crippen molar-refractivity contribution < 1.29 is 14.3 Å². The summed E-state index contributed by atoms with van der Waals surface area (Å²) in [7, 11) is 1.56. The Morgan fingerprint density at radius 2 is 1.92 bits per heavy atom. The molecular formula is C19H21ClN2O3. The number of nitrogens with zero attached hydrogens (tertiary/aromatic N) is 1. The van der Waals surface area contributed by atoms with Crippen LogP contribution in [-0.2, 0) is 4.79 Å². The fourth-order valence-electron chi connectivity index (χ4n) is 2.48. The van der Waals surface area contributed by atoms with E-state index < -0.39 is 0 Å². The highest BCUT2D eigenvalue weighted by Gasteiger charge is 2.17. The molecule has 2 rings (SSSR count). The number of benzene rings is 2. The van der Waals surface area contributed by atoms with Crippen LogP contribution >= 0.6 is 11.6 Å². The zero-order valence-electron chi connectivity index (χ0n) is 14.5. The maximum Gasteiger partial charge on any atom is 0.252 e. The first-order valence-electron chi connectivity index (χ1n) is 7.89. The van der Waals surface area contributed by atoms with Crippen molar-refractivity contribution in [3.8, 4) is 5.75 Å². The average Bonchev–Trinajstić information content (AvgIpc) is 2.58. The van der Waals surface area contributed by atoms with Crippen molar-refractivity contribution in [1.82, 2.24) is 5.32 Å². The molecule has 0 bridgehead atoms. The molecule has 0 fully saturated rings. The maximum absolute atomic E-state index is 12.2. The van der Waals surface area contributed by atoms with Gasteiger partial charge >= 0.3 is 0 Å². The molecule has 25 heavy (non-hydrogen) atoms. The molecule has 0 spiro atoms. The number of carbonyl (C=O) groups is 2. The number of rotatable bonds is 6. The van der Waals surface area contributed by atoms with Crippen LogP contribution in [0.4, 0.5) is 5.69 Å². The zero-order valence-corrected chi connectivity index (χ0v) is 15.3. The molecule has 0 aliphatic heterocycles. The fraction of sp³-hybridized carbons (Fsp3) is 0.263. The molecule has 1 N–H and O–H groups in total. The van der Waals surface area contributed by atoms with Gasteiger partial charge in [-0.15, -0.1) is 0 Å². The van der Waals surface area contributed by atoms with Crippen LogP contribution in [0.2, 0.25) is 5.02 Å². The second kappa shape index (κ2) is 8.53. The highest BCUT2D eigenvalue weighted by molar-refractivity contribution is 6.33. The number of anilines is 1. The predicted octanol–water partition coefficient (Wildman–Crippen LogP) is 3.44. The second-order valence-corrected chi connectivity index (χ2v) is 5.99. The normalized spacial score (nSPS) is 10.2. The summed E-state index contributed by atoms with van der Waals surface area (Å²) in [4.78, 5) is 25.8. The Hall–Kier alpha value is -2.53. The molecule has 2 aromatic rings. The smallest absolute Gasteiger partial charge is 0.252 e. The SMILES string of the molecule is COc1ccc(C)cc1N(CCNC(=O)c1ccccc1Cl)C(C)=O. The Labute approximate surface area is 152 Å². The standard InChI is InChI=1S/C19H21ClN2O3/c1-13-8-9-18(25-3)17(12-13)22(14(2)23)11-10-21-19(24)15-6-4-5-7-16(15)20/h4-9,12H,10-11H2,1-3H3,(H,21,24). The van der Waals surface area contributed by atoms with Gasteiger partial charge in [0.25, 0.3) is 5.91 Å². The lowest BCUT2D eigenvalue weighted by Gasteiger charge is -2.24. The Kier molecular flexibility index (Phi) is 6.42. The molecule has 0 atom stereocenters. The summed E-state index contributed by atoms with van der Waals surface area (Å²) >= 11 is 6.02. The van der Waals surface area contributed by atoms with Crippen molar-refractivity contribution in [1.29, 1.82) is 0 Å². The van der Waals surface area contributed by atoms with Crippen molar-refractivity contribution in [3.05, 3.63) is 58.6 Å². The lowest BCUT2D eigenvalue weighted by molar-refractivity contribution is -0.116. The van der Waals surface area contributed by atoms with Gasteiger partial charge in [-0.05, 0) is 36.8 Å². The largest absolute Gasteiger partial charge is 0.495 e. The molecule has 6 heteroatoms. The van der Waals surface area contributed by atoms with Crippen LogP contribution in [0.5, 0.6) is 5.75 Å². The molecular weight excluding hydrogens is 340 g/mol. The first-order valence-corrected chi connectivity index (χ1v) is 8.27. The van der Waals surface area contributed by atoms with Gasteiger partial charge in [0.15, 0.2) is 0 Å². The maximum atomic E-state index is 12.2. The van der Waals surface area contributed by atoms with Gasteiger partial charge in [0.2, 0.25) is 5.91 Å². The van der Waals surface area contributed by atoms with E-state index in [-0.39, 0.29) is 11.8 Å². The third-order valence-corrected chi connectivity index (χ3v) is 4.07. The van der Waals surface area contributed by atoms with E-state index in [1.54, 1.807) is 36.3 Å².